The molecule has 1 aromatic heterocycles. The maximum atomic E-state index is 4.56. The Morgan fingerprint density at radius 3 is 2.44 bits per heavy atom. The molecule has 0 fully saturated rings. The van der Waals surface area contributed by atoms with Crippen molar-refractivity contribution < 1.29 is 0 Å². The normalized spacial score (nSPS) is 10.4. The van der Waals surface area contributed by atoms with Crippen LogP contribution >= 0.6 is 31.9 Å². The van der Waals surface area contributed by atoms with Crippen LogP contribution in [0.3, 0.4) is 0 Å². The second-order valence-electron chi connectivity index (χ2n) is 4.18. The molecule has 0 aliphatic heterocycles. The van der Waals surface area contributed by atoms with Crippen molar-refractivity contribution in [1.82, 2.24) is 4.98 Å². The lowest BCUT2D eigenvalue weighted by molar-refractivity contribution is 0.887. The molecule has 94 valence electrons. The Morgan fingerprint density at radius 1 is 1.06 bits per heavy atom. The number of hydrogen-bond donors (Lipinski definition) is 0. The predicted octanol–water partition coefficient (Wildman–Crippen LogP) is 4.55. The molecule has 4 heteroatoms. The van der Waals surface area contributed by atoms with Gasteiger partial charge < -0.3 is 4.90 Å². The second-order valence-corrected chi connectivity index (χ2v) is 5.89. The SMILES string of the molecule is Cc1nc(N(C)Cc2ccccc2Br)ccc1Br. The lowest BCUT2D eigenvalue weighted by Crippen LogP contribution is -2.18. The van der Waals surface area contributed by atoms with Crippen LogP contribution in [0.1, 0.15) is 11.3 Å². The summed E-state index contributed by atoms with van der Waals surface area (Å²) in [6.45, 7) is 2.83. The van der Waals surface area contributed by atoms with Crippen LogP contribution in [0.2, 0.25) is 0 Å². The number of rotatable bonds is 3. The molecule has 1 aromatic carbocycles. The molecule has 0 amide bonds. The summed E-state index contributed by atoms with van der Waals surface area (Å²) in [5, 5.41) is 0. The first-order chi connectivity index (χ1) is 8.58. The van der Waals surface area contributed by atoms with Crippen LogP contribution in [0.4, 0.5) is 5.82 Å². The fourth-order valence-corrected chi connectivity index (χ4v) is 2.34. The van der Waals surface area contributed by atoms with Gasteiger partial charge in [0, 0.05) is 22.5 Å². The van der Waals surface area contributed by atoms with Gasteiger partial charge in [0.05, 0.1) is 5.69 Å². The van der Waals surface area contributed by atoms with Crippen LogP contribution in [0.5, 0.6) is 0 Å². The average Bonchev–Trinajstić information content (AvgIpc) is 2.35. The number of benzene rings is 1. The standard InChI is InChI=1S/C14H14Br2N2/c1-10-12(15)7-8-14(17-10)18(2)9-11-5-3-4-6-13(11)16/h3-8H,9H2,1-2H3. The third kappa shape index (κ3) is 3.12. The number of halogens is 2. The molecule has 0 spiro atoms. The minimum absolute atomic E-state index is 0.829. The Labute approximate surface area is 124 Å². The zero-order valence-corrected chi connectivity index (χ0v) is 13.5. The zero-order chi connectivity index (χ0) is 13.1. The van der Waals surface area contributed by atoms with Crippen molar-refractivity contribution in [2.75, 3.05) is 11.9 Å². The summed E-state index contributed by atoms with van der Waals surface area (Å²) in [6.07, 6.45) is 0. The van der Waals surface area contributed by atoms with Crippen LogP contribution < -0.4 is 4.90 Å². The van der Waals surface area contributed by atoms with Gasteiger partial charge in [0.1, 0.15) is 5.82 Å². The van der Waals surface area contributed by atoms with Gasteiger partial charge in [-0.1, -0.05) is 34.1 Å². The van der Waals surface area contributed by atoms with Gasteiger partial charge in [-0.15, -0.1) is 0 Å². The van der Waals surface area contributed by atoms with Crippen LogP contribution in [-0.2, 0) is 6.54 Å². The first kappa shape index (κ1) is 13.6. The lowest BCUT2D eigenvalue weighted by atomic mass is 10.2. The van der Waals surface area contributed by atoms with E-state index in [9.17, 15) is 0 Å². The Balaban J connectivity index is 2.19. The molecule has 1 heterocycles. The molecule has 2 nitrogen and oxygen atoms in total. The Bertz CT molecular complexity index is 555. The molecule has 0 aliphatic rings. The van der Waals surface area contributed by atoms with E-state index in [0.717, 1.165) is 27.0 Å². The molecule has 0 bridgehead atoms. The van der Waals surface area contributed by atoms with Gasteiger partial charge >= 0.3 is 0 Å². The van der Waals surface area contributed by atoms with Gasteiger partial charge in [0.25, 0.3) is 0 Å². The highest BCUT2D eigenvalue weighted by Gasteiger charge is 2.07. The van der Waals surface area contributed by atoms with Gasteiger partial charge in [-0.25, -0.2) is 4.98 Å². The molecule has 2 rings (SSSR count). The van der Waals surface area contributed by atoms with Crippen molar-refractivity contribution in [3.05, 3.63) is 56.6 Å². The van der Waals surface area contributed by atoms with E-state index in [2.05, 4.69) is 60.9 Å². The highest BCUT2D eigenvalue weighted by molar-refractivity contribution is 9.10. The number of nitrogens with zero attached hydrogens (tertiary/aromatic N) is 2. The van der Waals surface area contributed by atoms with E-state index in [-0.39, 0.29) is 0 Å². The molecule has 0 aliphatic carbocycles. The van der Waals surface area contributed by atoms with Gasteiger partial charge in [0.2, 0.25) is 0 Å². The third-order valence-electron chi connectivity index (χ3n) is 2.76. The molecule has 2 aromatic rings. The van der Waals surface area contributed by atoms with Gasteiger partial charge in [-0.2, -0.15) is 0 Å². The molecule has 0 unspecified atom stereocenters. The van der Waals surface area contributed by atoms with Crippen molar-refractivity contribution in [3.8, 4) is 0 Å². The van der Waals surface area contributed by atoms with Crippen LogP contribution in [0.15, 0.2) is 45.3 Å². The number of pyridine rings is 1. The number of hydrogen-bond acceptors (Lipinski definition) is 2. The number of aromatic nitrogens is 1. The molecule has 0 N–H and O–H groups in total. The molecule has 0 saturated heterocycles. The minimum Gasteiger partial charge on any atom is -0.355 e. The number of anilines is 1. The molecule has 0 saturated carbocycles. The zero-order valence-electron chi connectivity index (χ0n) is 10.3. The topological polar surface area (TPSA) is 16.1 Å². The van der Waals surface area contributed by atoms with Crippen LogP contribution in [0.25, 0.3) is 0 Å². The first-order valence-electron chi connectivity index (χ1n) is 5.65. The van der Waals surface area contributed by atoms with E-state index in [0.29, 0.717) is 0 Å². The maximum absolute atomic E-state index is 4.56. The quantitative estimate of drug-likeness (QED) is 0.788. The van der Waals surface area contributed by atoms with E-state index in [1.165, 1.54) is 5.56 Å². The lowest BCUT2D eigenvalue weighted by Gasteiger charge is -2.19. The summed E-state index contributed by atoms with van der Waals surface area (Å²) < 4.78 is 2.17. The van der Waals surface area contributed by atoms with E-state index in [4.69, 9.17) is 0 Å². The first-order valence-corrected chi connectivity index (χ1v) is 7.24. The number of aryl methyl sites for hydroxylation is 1. The largest absolute Gasteiger partial charge is 0.355 e. The fourth-order valence-electron chi connectivity index (χ4n) is 1.71. The maximum Gasteiger partial charge on any atom is 0.128 e. The Morgan fingerprint density at radius 2 is 1.78 bits per heavy atom. The Kier molecular flexibility index (Phi) is 4.40. The predicted molar refractivity (Wildman–Crippen MR) is 82.9 cm³/mol. The smallest absolute Gasteiger partial charge is 0.128 e. The average molecular weight is 370 g/mol. The summed E-state index contributed by atoms with van der Waals surface area (Å²) in [4.78, 5) is 6.70. The van der Waals surface area contributed by atoms with Crippen molar-refractivity contribution >= 4 is 37.7 Å². The fraction of sp³-hybridized carbons (Fsp3) is 0.214. The van der Waals surface area contributed by atoms with E-state index < -0.39 is 0 Å². The summed E-state index contributed by atoms with van der Waals surface area (Å²) in [5.74, 6) is 0.978. The molecule has 18 heavy (non-hydrogen) atoms. The Hall–Kier alpha value is -0.870. The highest BCUT2D eigenvalue weighted by Crippen LogP contribution is 2.22. The van der Waals surface area contributed by atoms with E-state index in [1.807, 2.05) is 31.2 Å². The van der Waals surface area contributed by atoms with Crippen molar-refractivity contribution in [2.45, 2.75) is 13.5 Å². The van der Waals surface area contributed by atoms with Crippen molar-refractivity contribution in [1.29, 1.82) is 0 Å². The second kappa shape index (κ2) is 5.85. The monoisotopic (exact) mass is 368 g/mol. The minimum atomic E-state index is 0.829. The highest BCUT2D eigenvalue weighted by atomic mass is 79.9. The van der Waals surface area contributed by atoms with E-state index in [1.54, 1.807) is 0 Å². The van der Waals surface area contributed by atoms with Gasteiger partial charge in [-0.3, -0.25) is 0 Å². The molecular formula is C14H14Br2N2. The van der Waals surface area contributed by atoms with E-state index >= 15 is 0 Å². The van der Waals surface area contributed by atoms with Crippen LogP contribution in [-0.4, -0.2) is 12.0 Å². The third-order valence-corrected chi connectivity index (χ3v) is 4.37. The van der Waals surface area contributed by atoms with Crippen molar-refractivity contribution in [3.63, 3.8) is 0 Å². The van der Waals surface area contributed by atoms with Crippen LogP contribution in [0, 0.1) is 6.92 Å². The molecule has 0 atom stereocenters. The van der Waals surface area contributed by atoms with Gasteiger partial charge in [-0.05, 0) is 46.6 Å². The molecule has 0 radical (unpaired) electrons. The summed E-state index contributed by atoms with van der Waals surface area (Å²) >= 11 is 7.04. The summed E-state index contributed by atoms with van der Waals surface area (Å²) in [6, 6.07) is 12.3. The summed E-state index contributed by atoms with van der Waals surface area (Å²) in [5.41, 5.74) is 2.26. The van der Waals surface area contributed by atoms with Gasteiger partial charge in [0.15, 0.2) is 0 Å². The van der Waals surface area contributed by atoms with Crippen molar-refractivity contribution in [2.24, 2.45) is 0 Å². The summed E-state index contributed by atoms with van der Waals surface area (Å²) in [7, 11) is 2.05. The molecular weight excluding hydrogens is 356 g/mol.